The zero-order chi connectivity index (χ0) is 23.2. The summed E-state index contributed by atoms with van der Waals surface area (Å²) in [6, 6.07) is 14.9. The van der Waals surface area contributed by atoms with E-state index in [4.69, 9.17) is 4.74 Å². The molecule has 10 heteroatoms. The van der Waals surface area contributed by atoms with Crippen molar-refractivity contribution in [3.8, 4) is 28.5 Å². The van der Waals surface area contributed by atoms with E-state index in [0.29, 0.717) is 11.4 Å². The normalized spacial score (nSPS) is 14.7. The lowest BCUT2D eigenvalue weighted by molar-refractivity contribution is -0.0262. The third-order valence-corrected chi connectivity index (χ3v) is 5.38. The topological polar surface area (TPSA) is 65.2 Å². The third-order valence-electron chi connectivity index (χ3n) is 5.38. The van der Waals surface area contributed by atoms with E-state index < -0.39 is 30.3 Å². The van der Waals surface area contributed by atoms with E-state index in [1.807, 2.05) is 30.3 Å². The van der Waals surface area contributed by atoms with Crippen molar-refractivity contribution in [1.29, 1.82) is 0 Å². The van der Waals surface area contributed by atoms with Crippen molar-refractivity contribution in [2.45, 2.75) is 5.92 Å². The summed E-state index contributed by atoms with van der Waals surface area (Å²) in [6.07, 6.45) is 2.82. The maximum atomic E-state index is 15.0. The number of hydrogen-bond donors (Lipinski definition) is 0. The minimum Gasteiger partial charge on any atom is -0.491 e. The van der Waals surface area contributed by atoms with Gasteiger partial charge in [-0.2, -0.15) is 10.2 Å². The fraction of sp³-hybridized carbons (Fsp3) is 0.174. The van der Waals surface area contributed by atoms with Gasteiger partial charge in [-0.25, -0.2) is 22.5 Å². The smallest absolute Gasteiger partial charge is 0.282 e. The van der Waals surface area contributed by atoms with Gasteiger partial charge < -0.3 is 9.64 Å². The van der Waals surface area contributed by atoms with Crippen molar-refractivity contribution in [2.24, 2.45) is 0 Å². The first-order valence-electron chi connectivity index (χ1n) is 10.1. The second-order valence-corrected chi connectivity index (χ2v) is 7.63. The zero-order valence-corrected chi connectivity index (χ0v) is 17.5. The molecule has 0 aliphatic carbocycles. The Morgan fingerprint density at radius 3 is 2.45 bits per heavy atom. The van der Waals surface area contributed by atoms with Crippen molar-refractivity contribution < 1.29 is 17.9 Å². The van der Waals surface area contributed by atoms with Gasteiger partial charge in [0.1, 0.15) is 5.69 Å². The van der Waals surface area contributed by atoms with Crippen molar-refractivity contribution in [2.75, 3.05) is 25.1 Å². The van der Waals surface area contributed by atoms with E-state index in [9.17, 15) is 18.0 Å². The molecule has 0 saturated carbocycles. The molecular formula is C23H18F3N5O2. The van der Waals surface area contributed by atoms with Gasteiger partial charge >= 0.3 is 0 Å². The summed E-state index contributed by atoms with van der Waals surface area (Å²) < 4.78 is 49.3. The molecule has 0 bridgehead atoms. The number of methoxy groups -OCH3 is 1. The van der Waals surface area contributed by atoms with Gasteiger partial charge in [-0.1, -0.05) is 18.2 Å². The third kappa shape index (κ3) is 3.73. The molecule has 0 spiro atoms. The van der Waals surface area contributed by atoms with E-state index in [0.717, 1.165) is 5.69 Å². The van der Waals surface area contributed by atoms with Gasteiger partial charge in [-0.15, -0.1) is 0 Å². The van der Waals surface area contributed by atoms with Gasteiger partial charge in [0.25, 0.3) is 11.4 Å². The first-order chi connectivity index (χ1) is 15.9. The van der Waals surface area contributed by atoms with Crippen LogP contribution in [0.2, 0.25) is 0 Å². The van der Waals surface area contributed by atoms with Gasteiger partial charge in [-0.3, -0.25) is 4.79 Å². The number of anilines is 1. The number of hydrogen-bond acceptors (Lipinski definition) is 5. The zero-order valence-electron chi connectivity index (χ0n) is 17.5. The SMILES string of the molecule is [11CH3]Oc1cn(-c2ccc(N3CC(F)(F)C3)cc2F)nc(-c2ccnn2-c2ccccc2)c1=O. The summed E-state index contributed by atoms with van der Waals surface area (Å²) >= 11 is 0. The molecule has 0 unspecified atom stereocenters. The number of ether oxygens (including phenoxy) is 1. The average Bonchev–Trinajstić information content (AvgIpc) is 3.28. The fourth-order valence-corrected chi connectivity index (χ4v) is 3.74. The van der Waals surface area contributed by atoms with E-state index in [1.54, 1.807) is 10.7 Å². The predicted octanol–water partition coefficient (Wildman–Crippen LogP) is 3.69. The Bertz CT molecular complexity index is 1380. The minimum atomic E-state index is -2.76. The maximum absolute atomic E-state index is 15.0. The molecule has 3 heterocycles. The second-order valence-electron chi connectivity index (χ2n) is 7.63. The number of rotatable bonds is 5. The summed E-state index contributed by atoms with van der Waals surface area (Å²) in [5.41, 5.74) is 1.04. The molecule has 33 heavy (non-hydrogen) atoms. The van der Waals surface area contributed by atoms with E-state index in [2.05, 4.69) is 10.2 Å². The molecule has 1 saturated heterocycles. The molecular weight excluding hydrogens is 434 g/mol. The standard InChI is InChI=1S/C23H18F3N5O2/c1-33-20-12-30(18-8-7-16(11-17(18)24)29-13-23(25,26)14-29)28-21(22(20)32)19-9-10-27-31(19)15-5-3-2-4-6-15/h2-12H,13-14H2,1H3/i1-1. The van der Waals surface area contributed by atoms with Crippen LogP contribution in [0.5, 0.6) is 5.75 Å². The lowest BCUT2D eigenvalue weighted by Crippen LogP contribution is -2.56. The molecule has 7 nitrogen and oxygen atoms in total. The number of nitrogens with zero attached hydrogens (tertiary/aromatic N) is 5. The predicted molar refractivity (Wildman–Crippen MR) is 116 cm³/mol. The van der Waals surface area contributed by atoms with Crippen LogP contribution in [0.4, 0.5) is 18.9 Å². The molecule has 4 aromatic rings. The summed E-state index contributed by atoms with van der Waals surface area (Å²) in [7, 11) is 1.34. The molecule has 0 N–H and O–H groups in total. The molecule has 0 radical (unpaired) electrons. The van der Waals surface area contributed by atoms with Crippen LogP contribution >= 0.6 is 0 Å². The fourth-order valence-electron chi connectivity index (χ4n) is 3.74. The molecule has 5 rings (SSSR count). The number of benzene rings is 2. The molecule has 168 valence electrons. The Balaban J connectivity index is 1.59. The Morgan fingerprint density at radius 2 is 1.79 bits per heavy atom. The summed E-state index contributed by atoms with van der Waals surface area (Å²) in [4.78, 5) is 14.4. The van der Waals surface area contributed by atoms with Gasteiger partial charge in [0.15, 0.2) is 17.3 Å². The molecule has 0 atom stereocenters. The van der Waals surface area contributed by atoms with Crippen LogP contribution in [0.3, 0.4) is 0 Å². The molecule has 1 aliphatic heterocycles. The van der Waals surface area contributed by atoms with Crippen LogP contribution in [0, 0.1) is 5.82 Å². The Kier molecular flexibility index (Phi) is 4.92. The van der Waals surface area contributed by atoms with Gasteiger partial charge in [0.05, 0.1) is 44.0 Å². The number of aromatic nitrogens is 4. The van der Waals surface area contributed by atoms with Crippen LogP contribution < -0.4 is 15.1 Å². The second kappa shape index (κ2) is 7.80. The maximum Gasteiger partial charge on any atom is 0.282 e. The lowest BCUT2D eigenvalue weighted by atomic mass is 10.1. The quantitative estimate of drug-likeness (QED) is 0.462. The minimum absolute atomic E-state index is 0.0153. The molecule has 2 aromatic heterocycles. The van der Waals surface area contributed by atoms with E-state index >= 15 is 0 Å². The highest BCUT2D eigenvalue weighted by molar-refractivity contribution is 5.60. The Morgan fingerprint density at radius 1 is 1.03 bits per heavy atom. The highest BCUT2D eigenvalue weighted by Gasteiger charge is 2.44. The number of para-hydroxylation sites is 1. The summed E-state index contributed by atoms with van der Waals surface area (Å²) in [5.74, 6) is -3.48. The molecule has 1 fully saturated rings. The first-order valence-corrected chi connectivity index (χ1v) is 10.1. The number of halogens is 3. The monoisotopic (exact) mass is 452 g/mol. The summed E-state index contributed by atoms with van der Waals surface area (Å²) in [5, 5.41) is 8.65. The van der Waals surface area contributed by atoms with Crippen LogP contribution in [0.25, 0.3) is 22.8 Å². The van der Waals surface area contributed by atoms with Crippen molar-refractivity contribution in [3.63, 3.8) is 0 Å². The summed E-state index contributed by atoms with van der Waals surface area (Å²) in [6.45, 7) is -0.910. The van der Waals surface area contributed by atoms with Crippen molar-refractivity contribution in [1.82, 2.24) is 19.6 Å². The lowest BCUT2D eigenvalue weighted by Gasteiger charge is -2.40. The van der Waals surface area contributed by atoms with Crippen LogP contribution in [-0.4, -0.2) is 45.7 Å². The van der Waals surface area contributed by atoms with Crippen LogP contribution in [-0.2, 0) is 0 Å². The van der Waals surface area contributed by atoms with Crippen LogP contribution in [0.1, 0.15) is 0 Å². The van der Waals surface area contributed by atoms with Gasteiger partial charge in [0, 0.05) is 5.69 Å². The van der Waals surface area contributed by atoms with Crippen molar-refractivity contribution >= 4 is 5.69 Å². The van der Waals surface area contributed by atoms with Crippen LogP contribution in [0.15, 0.2) is 71.8 Å². The van der Waals surface area contributed by atoms with Gasteiger partial charge in [0.2, 0.25) is 0 Å². The molecule has 2 aromatic carbocycles. The Labute approximate surface area is 186 Å². The van der Waals surface area contributed by atoms with Crippen molar-refractivity contribution in [3.05, 3.63) is 83.0 Å². The first kappa shape index (κ1) is 20.8. The molecule has 1 aliphatic rings. The van der Waals surface area contributed by atoms with E-state index in [-0.39, 0.29) is 17.1 Å². The van der Waals surface area contributed by atoms with E-state index in [1.165, 1.54) is 47.3 Å². The van der Waals surface area contributed by atoms with Gasteiger partial charge in [-0.05, 0) is 36.4 Å². The highest BCUT2D eigenvalue weighted by atomic mass is 19.3. The molecule has 0 amide bonds. The largest absolute Gasteiger partial charge is 0.491 e. The average molecular weight is 452 g/mol. The highest BCUT2D eigenvalue weighted by Crippen LogP contribution is 2.33. The number of alkyl halides is 2. The Hall–Kier alpha value is -4.08.